The molecule has 81 heavy (non-hydrogen) atoms. The number of hydrogen-bond acceptors (Lipinski definition) is 6. The van der Waals surface area contributed by atoms with Crippen molar-refractivity contribution in [1.29, 1.82) is 0 Å². The lowest BCUT2D eigenvalue weighted by atomic mass is 10.1. The van der Waals surface area contributed by atoms with E-state index in [1.54, 1.807) is 6.08 Å². The van der Waals surface area contributed by atoms with E-state index in [1.165, 1.54) is 32.1 Å². The van der Waals surface area contributed by atoms with Crippen molar-refractivity contribution in [2.45, 2.75) is 245 Å². The minimum atomic E-state index is -0.842. The smallest absolute Gasteiger partial charge is 0.309 e. The first-order chi connectivity index (χ1) is 40.0. The summed E-state index contributed by atoms with van der Waals surface area (Å²) >= 11 is 0. The Labute approximate surface area is 497 Å². The Morgan fingerprint density at radius 3 is 0.802 bits per heavy atom. The van der Waals surface area contributed by atoms with Crippen LogP contribution >= 0.6 is 0 Å². The van der Waals surface area contributed by atoms with Gasteiger partial charge in [-0.25, -0.2) is 0 Å². The van der Waals surface area contributed by atoms with Gasteiger partial charge in [0.05, 0.1) is 6.42 Å². The molecule has 0 spiro atoms. The van der Waals surface area contributed by atoms with E-state index in [9.17, 15) is 14.4 Å². The van der Waals surface area contributed by atoms with Crippen molar-refractivity contribution < 1.29 is 28.6 Å². The Balaban J connectivity index is 4.46. The van der Waals surface area contributed by atoms with E-state index < -0.39 is 12.1 Å². The summed E-state index contributed by atoms with van der Waals surface area (Å²) in [5.74, 6) is -1.10. The summed E-state index contributed by atoms with van der Waals surface area (Å²) in [6.45, 7) is 6.18. The lowest BCUT2D eigenvalue weighted by Gasteiger charge is -2.18. The van der Waals surface area contributed by atoms with E-state index in [-0.39, 0.29) is 38.0 Å². The quantitative estimate of drug-likeness (QED) is 0.0261. The molecule has 0 aromatic heterocycles. The highest BCUT2D eigenvalue weighted by atomic mass is 16.6. The van der Waals surface area contributed by atoms with Crippen molar-refractivity contribution in [1.82, 2.24) is 0 Å². The number of allylic oxidation sites excluding steroid dienone is 31. The zero-order chi connectivity index (χ0) is 58.5. The minimum absolute atomic E-state index is 0.112. The van der Waals surface area contributed by atoms with Gasteiger partial charge in [0.15, 0.2) is 6.10 Å². The summed E-state index contributed by atoms with van der Waals surface area (Å²) < 4.78 is 16.8. The molecule has 1 atom stereocenters. The largest absolute Gasteiger partial charge is 0.462 e. The van der Waals surface area contributed by atoms with Crippen LogP contribution in [0.25, 0.3) is 0 Å². The second-order valence-electron chi connectivity index (χ2n) is 20.2. The van der Waals surface area contributed by atoms with Crippen LogP contribution in [0.2, 0.25) is 0 Å². The van der Waals surface area contributed by atoms with Gasteiger partial charge in [-0.1, -0.05) is 273 Å². The molecule has 0 bridgehead atoms. The zero-order valence-corrected chi connectivity index (χ0v) is 51.5. The average Bonchev–Trinajstić information content (AvgIpc) is 3.47. The van der Waals surface area contributed by atoms with Crippen LogP contribution in [0.1, 0.15) is 239 Å². The maximum atomic E-state index is 12.9. The normalized spacial score (nSPS) is 13.5. The van der Waals surface area contributed by atoms with Gasteiger partial charge in [-0.3, -0.25) is 14.4 Å². The highest BCUT2D eigenvalue weighted by Gasteiger charge is 2.19. The Morgan fingerprint density at radius 2 is 0.494 bits per heavy atom. The molecular weight excluding hydrogens is 997 g/mol. The van der Waals surface area contributed by atoms with Crippen molar-refractivity contribution in [3.63, 3.8) is 0 Å². The van der Waals surface area contributed by atoms with Crippen molar-refractivity contribution in [3.8, 4) is 0 Å². The fourth-order valence-corrected chi connectivity index (χ4v) is 7.96. The number of carbonyl (C=O) groups is 3. The molecular formula is C75H114O6. The van der Waals surface area contributed by atoms with Gasteiger partial charge in [0.2, 0.25) is 0 Å². The Bertz CT molecular complexity index is 1950. The molecule has 0 rings (SSSR count). The molecule has 0 amide bonds. The molecule has 6 nitrogen and oxygen atoms in total. The van der Waals surface area contributed by atoms with E-state index in [0.717, 1.165) is 167 Å². The number of hydrogen-bond donors (Lipinski definition) is 0. The Kier molecular flexibility index (Phi) is 62.0. The second-order valence-corrected chi connectivity index (χ2v) is 20.2. The monoisotopic (exact) mass is 1110 g/mol. The fourth-order valence-electron chi connectivity index (χ4n) is 7.96. The minimum Gasteiger partial charge on any atom is -0.462 e. The van der Waals surface area contributed by atoms with Gasteiger partial charge in [-0.2, -0.15) is 0 Å². The maximum absolute atomic E-state index is 12.9. The molecule has 0 aliphatic carbocycles. The van der Waals surface area contributed by atoms with Gasteiger partial charge < -0.3 is 14.2 Å². The topological polar surface area (TPSA) is 78.9 Å². The van der Waals surface area contributed by atoms with Crippen LogP contribution < -0.4 is 0 Å². The van der Waals surface area contributed by atoms with Gasteiger partial charge >= 0.3 is 17.9 Å². The molecule has 0 saturated heterocycles. The van der Waals surface area contributed by atoms with Crippen LogP contribution in [0, 0.1) is 0 Å². The third kappa shape index (κ3) is 64.9. The zero-order valence-electron chi connectivity index (χ0n) is 51.5. The molecule has 0 fully saturated rings. The summed E-state index contributed by atoms with van der Waals surface area (Å²) in [6.07, 6.45) is 102. The first-order valence-corrected chi connectivity index (χ1v) is 31.9. The van der Waals surface area contributed by atoms with E-state index in [4.69, 9.17) is 14.2 Å². The van der Waals surface area contributed by atoms with Crippen LogP contribution in [0.3, 0.4) is 0 Å². The van der Waals surface area contributed by atoms with Crippen molar-refractivity contribution >= 4 is 17.9 Å². The highest BCUT2D eigenvalue weighted by molar-refractivity contribution is 5.72. The number of esters is 3. The predicted molar refractivity (Wildman–Crippen MR) is 352 cm³/mol. The van der Waals surface area contributed by atoms with E-state index in [2.05, 4.69) is 203 Å². The number of carbonyl (C=O) groups excluding carboxylic acids is 3. The van der Waals surface area contributed by atoms with Crippen molar-refractivity contribution in [3.05, 3.63) is 194 Å². The molecule has 6 heteroatoms. The van der Waals surface area contributed by atoms with Crippen molar-refractivity contribution in [2.75, 3.05) is 13.2 Å². The summed E-state index contributed by atoms with van der Waals surface area (Å²) in [5, 5.41) is 0. The Morgan fingerprint density at radius 1 is 0.259 bits per heavy atom. The Hall–Kier alpha value is -5.75. The average molecular weight is 1110 g/mol. The molecule has 0 aromatic carbocycles. The van der Waals surface area contributed by atoms with Crippen LogP contribution in [0.4, 0.5) is 0 Å². The molecule has 0 saturated carbocycles. The molecule has 450 valence electrons. The van der Waals surface area contributed by atoms with Gasteiger partial charge in [0, 0.05) is 12.8 Å². The molecule has 1 unspecified atom stereocenters. The molecule has 0 heterocycles. The molecule has 0 aromatic rings. The fraction of sp³-hybridized carbons (Fsp3) is 0.533. The maximum Gasteiger partial charge on any atom is 0.309 e. The second kappa shape index (κ2) is 66.8. The SMILES string of the molecule is CC/C=C\C/C=C\C/C=C\C/C=C\C/C=C\C/C=C\C/C=C\C/C=C\CCCCCCCCC(=O)OCC(COC(=O)C/C=C\C/C=C\C/C=C\C/C=C\C/C=C\CC)OC(=O)CCCCCCCCC/C=C\C/C=C\C/C=C\CC. The van der Waals surface area contributed by atoms with Crippen LogP contribution in [0.5, 0.6) is 0 Å². The van der Waals surface area contributed by atoms with Gasteiger partial charge in [-0.15, -0.1) is 0 Å². The number of rotatable bonds is 55. The standard InChI is InChI=1S/C75H114O6/c1-4-7-10-13-16-19-22-25-28-30-31-32-33-34-35-36-37-38-39-40-41-42-43-45-47-50-53-56-59-62-65-68-74(77)80-71-72(70-79-73(76)67-64-61-58-55-52-49-46-27-24-21-18-15-12-9-6-3)81-75(78)69-66-63-60-57-54-51-48-44-29-26-23-20-17-14-11-8-5-2/h7-12,16-21,25-29,31-32,34-35,37-38,40-41,43,45-46,52,55,61,64,72H,4-6,13-15,22-24,30,33,36,39,42,44,47-51,53-54,56-60,62-63,65-71H2,1-3H3/b10-7-,11-8-,12-9-,19-16-,20-17-,21-18-,28-25-,29-26-,32-31-,35-34-,38-37-,41-40-,45-43-,46-27-,55-52-,64-61-. The van der Waals surface area contributed by atoms with Crippen LogP contribution in [-0.2, 0) is 28.6 Å². The molecule has 0 aliphatic heterocycles. The first kappa shape index (κ1) is 75.2. The lowest BCUT2D eigenvalue weighted by Crippen LogP contribution is -2.30. The number of ether oxygens (including phenoxy) is 3. The summed E-state index contributed by atoms with van der Waals surface area (Å²) in [4.78, 5) is 38.2. The molecule has 0 aliphatic rings. The molecule has 0 radical (unpaired) electrons. The first-order valence-electron chi connectivity index (χ1n) is 31.9. The van der Waals surface area contributed by atoms with Gasteiger partial charge in [0.25, 0.3) is 0 Å². The van der Waals surface area contributed by atoms with Crippen molar-refractivity contribution in [2.24, 2.45) is 0 Å². The summed E-state index contributed by atoms with van der Waals surface area (Å²) in [6, 6.07) is 0. The number of unbranched alkanes of at least 4 members (excludes halogenated alkanes) is 13. The summed E-state index contributed by atoms with van der Waals surface area (Å²) in [5.41, 5.74) is 0. The third-order valence-corrected chi connectivity index (χ3v) is 12.6. The van der Waals surface area contributed by atoms with Gasteiger partial charge in [-0.05, 0) is 141 Å². The van der Waals surface area contributed by atoms with Crippen LogP contribution in [0.15, 0.2) is 194 Å². The third-order valence-electron chi connectivity index (χ3n) is 12.6. The van der Waals surface area contributed by atoms with E-state index in [1.807, 2.05) is 6.08 Å². The highest BCUT2D eigenvalue weighted by Crippen LogP contribution is 2.13. The van der Waals surface area contributed by atoms with E-state index >= 15 is 0 Å². The summed E-state index contributed by atoms with van der Waals surface area (Å²) in [7, 11) is 0. The molecule has 0 N–H and O–H groups in total. The van der Waals surface area contributed by atoms with E-state index in [0.29, 0.717) is 6.42 Å². The van der Waals surface area contributed by atoms with Gasteiger partial charge in [0.1, 0.15) is 13.2 Å². The predicted octanol–water partition coefficient (Wildman–Crippen LogP) is 22.2. The lowest BCUT2D eigenvalue weighted by molar-refractivity contribution is -0.166. The van der Waals surface area contributed by atoms with Crippen LogP contribution in [-0.4, -0.2) is 37.2 Å².